The average Bonchev–Trinajstić information content (AvgIpc) is 3.28. The Balaban J connectivity index is 1.40. The number of carbonyl (C=O) groups is 1. The van der Waals surface area contributed by atoms with Crippen LogP contribution in [-0.4, -0.2) is 35.0 Å². The Morgan fingerprint density at radius 1 is 1.28 bits per heavy atom. The lowest BCUT2D eigenvalue weighted by atomic mass is 9.83. The van der Waals surface area contributed by atoms with E-state index in [4.69, 9.17) is 9.84 Å². The minimum absolute atomic E-state index is 0.214. The maximum Gasteiger partial charge on any atom is 0.511 e. The van der Waals surface area contributed by atoms with E-state index < -0.39 is 6.16 Å². The summed E-state index contributed by atoms with van der Waals surface area (Å²) in [6, 6.07) is 6.63. The van der Waals surface area contributed by atoms with Crippen molar-refractivity contribution in [2.24, 2.45) is 11.3 Å². The van der Waals surface area contributed by atoms with Crippen molar-refractivity contribution in [2.75, 3.05) is 18.8 Å². The smallest absolute Gasteiger partial charge is 0.449 e. The Labute approximate surface area is 175 Å². The molecule has 0 amide bonds. The first-order valence-corrected chi connectivity index (χ1v) is 11.5. The van der Waals surface area contributed by atoms with Gasteiger partial charge < -0.3 is 14.7 Å². The number of aryl methyl sites for hydroxylation is 1. The Morgan fingerprint density at radius 2 is 2.03 bits per heavy atom. The molecule has 2 fully saturated rings. The van der Waals surface area contributed by atoms with Crippen LogP contribution in [0.5, 0.6) is 0 Å². The molecule has 0 aromatic heterocycles. The van der Waals surface area contributed by atoms with Crippen molar-refractivity contribution in [3.8, 4) is 0 Å². The van der Waals surface area contributed by atoms with E-state index in [1.54, 1.807) is 17.8 Å². The number of rotatable bonds is 8. The first-order valence-electron chi connectivity index (χ1n) is 10.5. The number of hydrogen-bond acceptors (Lipinski definition) is 4. The third-order valence-electron chi connectivity index (χ3n) is 6.47. The van der Waals surface area contributed by atoms with E-state index in [9.17, 15) is 9.18 Å². The van der Waals surface area contributed by atoms with Crippen molar-refractivity contribution in [2.45, 2.75) is 44.9 Å². The molecule has 156 valence electrons. The number of fused-ring (bicyclic) bond motifs is 2. The summed E-state index contributed by atoms with van der Waals surface area (Å²) in [5.41, 5.74) is 1.51. The number of thioether (sulfide) groups is 1. The van der Waals surface area contributed by atoms with Gasteiger partial charge in [0.2, 0.25) is 0 Å². The fourth-order valence-corrected chi connectivity index (χ4v) is 6.16. The van der Waals surface area contributed by atoms with Crippen LogP contribution in [0.4, 0.5) is 9.18 Å². The molecule has 1 aliphatic heterocycles. The fourth-order valence-electron chi connectivity index (χ4n) is 5.10. The molecule has 4 nitrogen and oxygen atoms in total. The summed E-state index contributed by atoms with van der Waals surface area (Å²) in [4.78, 5) is 13.5. The quantitative estimate of drug-likeness (QED) is 0.427. The second-order valence-electron chi connectivity index (χ2n) is 8.55. The lowest BCUT2D eigenvalue weighted by Crippen LogP contribution is -2.36. The summed E-state index contributed by atoms with van der Waals surface area (Å²) in [5.74, 6) is 1.98. The molecular weight excluding hydrogens is 389 g/mol. The van der Waals surface area contributed by atoms with Gasteiger partial charge in [0.15, 0.2) is 5.76 Å². The Hall–Kier alpha value is -1.95. The van der Waals surface area contributed by atoms with Crippen LogP contribution in [-0.2, 0) is 11.2 Å². The summed E-state index contributed by atoms with van der Waals surface area (Å²) < 4.78 is 18.2. The van der Waals surface area contributed by atoms with Gasteiger partial charge in [-0.2, -0.15) is 0 Å². The number of carboxylic acid groups (broad SMARTS) is 1. The highest BCUT2D eigenvalue weighted by Crippen LogP contribution is 2.55. The number of benzene rings is 1. The highest BCUT2D eigenvalue weighted by atomic mass is 32.2. The number of nitrogens with zero attached hydrogens (tertiary/aromatic N) is 1. The van der Waals surface area contributed by atoms with Crippen molar-refractivity contribution in [1.82, 2.24) is 4.90 Å². The van der Waals surface area contributed by atoms with E-state index in [0.717, 1.165) is 48.2 Å². The molecule has 2 saturated carbocycles. The largest absolute Gasteiger partial charge is 0.511 e. The summed E-state index contributed by atoms with van der Waals surface area (Å²) in [7, 11) is 0. The standard InChI is InChI=1S/C23H28FNO3S/c24-19-7-5-17(6-8-19)3-2-14-29-21-20(28-22(26)27)4-1-13-25(21)16-23-11-9-18(15-23)10-12-23/h1,4-8,18H,2-3,9-16H2,(H,26,27). The highest BCUT2D eigenvalue weighted by Gasteiger charge is 2.46. The molecule has 0 radical (unpaired) electrons. The van der Waals surface area contributed by atoms with Crippen LogP contribution < -0.4 is 0 Å². The van der Waals surface area contributed by atoms with Gasteiger partial charge in [-0.15, -0.1) is 11.8 Å². The summed E-state index contributed by atoms with van der Waals surface area (Å²) >= 11 is 1.68. The van der Waals surface area contributed by atoms with E-state index in [0.29, 0.717) is 11.2 Å². The van der Waals surface area contributed by atoms with Gasteiger partial charge in [0.05, 0.1) is 0 Å². The first kappa shape index (κ1) is 20.3. The first-order chi connectivity index (χ1) is 14.0. The minimum Gasteiger partial charge on any atom is -0.449 e. The van der Waals surface area contributed by atoms with Gasteiger partial charge in [-0.1, -0.05) is 18.2 Å². The van der Waals surface area contributed by atoms with Crippen LogP contribution in [0.15, 0.2) is 47.2 Å². The van der Waals surface area contributed by atoms with Crippen molar-refractivity contribution in [3.05, 3.63) is 58.6 Å². The van der Waals surface area contributed by atoms with Crippen LogP contribution in [0.1, 0.15) is 44.1 Å². The van der Waals surface area contributed by atoms with Gasteiger partial charge in [-0.3, -0.25) is 0 Å². The van der Waals surface area contributed by atoms with Crippen LogP contribution in [0, 0.1) is 17.2 Å². The van der Waals surface area contributed by atoms with Crippen molar-refractivity contribution >= 4 is 17.9 Å². The van der Waals surface area contributed by atoms with Crippen LogP contribution in [0.2, 0.25) is 0 Å². The minimum atomic E-state index is -1.27. The lowest BCUT2D eigenvalue weighted by molar-refractivity contribution is 0.117. The molecule has 0 saturated heterocycles. The second kappa shape index (κ2) is 8.82. The second-order valence-corrected chi connectivity index (χ2v) is 9.63. The van der Waals surface area contributed by atoms with Crippen LogP contribution in [0.3, 0.4) is 0 Å². The molecule has 29 heavy (non-hydrogen) atoms. The third-order valence-corrected chi connectivity index (χ3v) is 7.69. The van der Waals surface area contributed by atoms with E-state index in [-0.39, 0.29) is 5.82 Å². The van der Waals surface area contributed by atoms with Crippen molar-refractivity contribution < 1.29 is 19.0 Å². The van der Waals surface area contributed by atoms with E-state index >= 15 is 0 Å². The number of allylic oxidation sites excluding steroid dienone is 1. The van der Waals surface area contributed by atoms with Gasteiger partial charge in [0, 0.05) is 13.1 Å². The Bertz CT molecular complexity index is 797. The van der Waals surface area contributed by atoms with Gasteiger partial charge in [-0.05, 0) is 85.8 Å². The molecule has 0 unspecified atom stereocenters. The normalized spacial score (nSPS) is 25.7. The third kappa shape index (κ3) is 4.97. The Morgan fingerprint density at radius 3 is 2.69 bits per heavy atom. The SMILES string of the molecule is O=C(O)OC1=C(SCCCc2ccc(F)cc2)N(CC23CCC(CC2)C3)CC=C1. The molecule has 0 atom stereocenters. The summed E-state index contributed by atoms with van der Waals surface area (Å²) in [6.07, 6.45) is 10.9. The maximum absolute atomic E-state index is 13.1. The van der Waals surface area contributed by atoms with Gasteiger partial charge >= 0.3 is 6.16 Å². The molecule has 4 rings (SSSR count). The zero-order valence-electron chi connectivity index (χ0n) is 16.6. The number of ether oxygens (including phenoxy) is 1. The molecule has 2 aliphatic carbocycles. The van der Waals surface area contributed by atoms with Crippen LogP contribution in [0.25, 0.3) is 0 Å². The monoisotopic (exact) mass is 417 g/mol. The van der Waals surface area contributed by atoms with Crippen molar-refractivity contribution in [3.63, 3.8) is 0 Å². The maximum atomic E-state index is 13.1. The Kier molecular flexibility index (Phi) is 6.18. The predicted octanol–water partition coefficient (Wildman–Crippen LogP) is 5.81. The van der Waals surface area contributed by atoms with E-state index in [2.05, 4.69) is 4.90 Å². The average molecular weight is 418 g/mol. The lowest BCUT2D eigenvalue weighted by Gasteiger charge is -2.37. The molecule has 0 spiro atoms. The molecular formula is C23H28FNO3S. The molecule has 3 aliphatic rings. The van der Waals surface area contributed by atoms with Crippen molar-refractivity contribution in [1.29, 1.82) is 0 Å². The van der Waals surface area contributed by atoms with Gasteiger partial charge in [-0.25, -0.2) is 9.18 Å². The molecule has 1 aromatic carbocycles. The van der Waals surface area contributed by atoms with Gasteiger partial charge in [0.25, 0.3) is 0 Å². The van der Waals surface area contributed by atoms with E-state index in [1.807, 2.05) is 18.2 Å². The summed E-state index contributed by atoms with van der Waals surface area (Å²) in [5, 5.41) is 10.1. The van der Waals surface area contributed by atoms with E-state index in [1.165, 1.54) is 44.2 Å². The fraction of sp³-hybridized carbons (Fsp3) is 0.522. The zero-order chi connectivity index (χ0) is 20.3. The topological polar surface area (TPSA) is 49.8 Å². The van der Waals surface area contributed by atoms with Crippen LogP contribution >= 0.6 is 11.8 Å². The zero-order valence-corrected chi connectivity index (χ0v) is 17.4. The highest BCUT2D eigenvalue weighted by molar-refractivity contribution is 8.03. The molecule has 1 N–H and O–H groups in total. The van der Waals surface area contributed by atoms with Gasteiger partial charge in [0.1, 0.15) is 10.8 Å². The molecule has 1 aromatic rings. The summed E-state index contributed by atoms with van der Waals surface area (Å²) in [6.45, 7) is 1.79. The predicted molar refractivity (Wildman–Crippen MR) is 113 cm³/mol. The number of hydrogen-bond donors (Lipinski definition) is 1. The number of halogens is 1. The molecule has 2 bridgehead atoms. The molecule has 1 heterocycles. The molecule has 6 heteroatoms.